The molecular weight excluding hydrogens is 404 g/mol. The van der Waals surface area contributed by atoms with Crippen molar-refractivity contribution < 1.29 is 9.59 Å². The monoisotopic (exact) mass is 424 g/mol. The van der Waals surface area contributed by atoms with Gasteiger partial charge in [0.25, 0.3) is 11.8 Å². The number of rotatable bonds is 4. The Labute approximate surface area is 184 Å². The van der Waals surface area contributed by atoms with Crippen molar-refractivity contribution in [3.63, 3.8) is 0 Å². The third kappa shape index (κ3) is 3.14. The Morgan fingerprint density at radius 2 is 1.87 bits per heavy atom. The summed E-state index contributed by atoms with van der Waals surface area (Å²) in [6.07, 6.45) is 1.68. The lowest BCUT2D eigenvalue weighted by Gasteiger charge is -2.19. The Balaban J connectivity index is 1.62. The Hall–Kier alpha value is -3.70. The van der Waals surface area contributed by atoms with Gasteiger partial charge in [-0.05, 0) is 35.7 Å². The van der Waals surface area contributed by atoms with E-state index in [-0.39, 0.29) is 17.9 Å². The van der Waals surface area contributed by atoms with E-state index in [0.717, 1.165) is 32.3 Å². The van der Waals surface area contributed by atoms with Crippen molar-refractivity contribution in [2.75, 3.05) is 5.32 Å². The molecule has 3 aromatic carbocycles. The number of amides is 2. The molecule has 1 unspecified atom stereocenters. The fourth-order valence-electron chi connectivity index (χ4n) is 4.23. The highest BCUT2D eigenvalue weighted by atomic mass is 32.1. The van der Waals surface area contributed by atoms with Crippen LogP contribution in [0, 0.1) is 6.92 Å². The van der Waals surface area contributed by atoms with Crippen LogP contribution >= 0.6 is 11.3 Å². The van der Waals surface area contributed by atoms with Crippen LogP contribution in [0.5, 0.6) is 0 Å². The van der Waals surface area contributed by atoms with Gasteiger partial charge in [-0.3, -0.25) is 9.59 Å². The number of carbonyl (C=O) groups is 2. The minimum absolute atomic E-state index is 0.157. The molecule has 1 aliphatic rings. The molecule has 0 aliphatic carbocycles. The van der Waals surface area contributed by atoms with Gasteiger partial charge in [-0.1, -0.05) is 61.2 Å². The summed E-state index contributed by atoms with van der Waals surface area (Å²) < 4.78 is 1.06. The van der Waals surface area contributed by atoms with Crippen LogP contribution in [0.3, 0.4) is 0 Å². The van der Waals surface area contributed by atoms with E-state index in [2.05, 4.69) is 17.2 Å². The van der Waals surface area contributed by atoms with Gasteiger partial charge in [-0.15, -0.1) is 11.3 Å². The predicted molar refractivity (Wildman–Crippen MR) is 127 cm³/mol. The van der Waals surface area contributed by atoms with Crippen molar-refractivity contribution in [2.24, 2.45) is 0 Å². The standard InChI is InChI=1S/C26H20N2O2S/c1-3-16-12-13-20(27-25(29)19-14-31-21-11-7-6-10-18(19)21)23-22(16)26(30)28-24(23)17-9-5-4-8-15(17)2/h3-14,24H,1H2,2H3,(H,27,29)(H,28,30). The quantitative estimate of drug-likeness (QED) is 0.426. The highest BCUT2D eigenvalue weighted by Crippen LogP contribution is 2.40. The average Bonchev–Trinajstić information content (AvgIpc) is 3.36. The van der Waals surface area contributed by atoms with E-state index >= 15 is 0 Å². The molecule has 4 nitrogen and oxygen atoms in total. The molecule has 1 aliphatic heterocycles. The molecule has 31 heavy (non-hydrogen) atoms. The smallest absolute Gasteiger partial charge is 0.257 e. The van der Waals surface area contributed by atoms with Crippen LogP contribution in [0.2, 0.25) is 0 Å². The molecule has 0 spiro atoms. The van der Waals surface area contributed by atoms with Crippen LogP contribution < -0.4 is 10.6 Å². The van der Waals surface area contributed by atoms with Crippen molar-refractivity contribution in [1.29, 1.82) is 0 Å². The summed E-state index contributed by atoms with van der Waals surface area (Å²) in [6, 6.07) is 19.2. The zero-order valence-electron chi connectivity index (χ0n) is 16.9. The first-order valence-corrected chi connectivity index (χ1v) is 10.9. The largest absolute Gasteiger partial charge is 0.341 e. The predicted octanol–water partition coefficient (Wildman–Crippen LogP) is 5.94. The first-order valence-electron chi connectivity index (χ1n) is 10.0. The summed E-state index contributed by atoms with van der Waals surface area (Å²) >= 11 is 1.54. The normalized spacial score (nSPS) is 14.9. The highest BCUT2D eigenvalue weighted by molar-refractivity contribution is 7.17. The van der Waals surface area contributed by atoms with E-state index < -0.39 is 0 Å². The summed E-state index contributed by atoms with van der Waals surface area (Å²) in [5.74, 6) is -0.343. The molecule has 1 aromatic heterocycles. The van der Waals surface area contributed by atoms with E-state index in [4.69, 9.17) is 0 Å². The molecule has 1 atom stereocenters. The fourth-order valence-corrected chi connectivity index (χ4v) is 5.17. The summed E-state index contributed by atoms with van der Waals surface area (Å²) in [4.78, 5) is 26.1. The van der Waals surface area contributed by atoms with Crippen molar-refractivity contribution in [1.82, 2.24) is 5.32 Å². The van der Waals surface area contributed by atoms with Crippen LogP contribution in [0.1, 0.15) is 49.0 Å². The number of benzene rings is 3. The van der Waals surface area contributed by atoms with E-state index in [1.54, 1.807) is 17.4 Å². The summed E-state index contributed by atoms with van der Waals surface area (Å²) in [5.41, 5.74) is 5.45. The lowest BCUT2D eigenvalue weighted by atomic mass is 9.91. The molecule has 0 saturated carbocycles. The Morgan fingerprint density at radius 3 is 2.68 bits per heavy atom. The number of hydrogen-bond donors (Lipinski definition) is 2. The fraction of sp³-hybridized carbons (Fsp3) is 0.0769. The lowest BCUT2D eigenvalue weighted by molar-refractivity contribution is 0.0959. The van der Waals surface area contributed by atoms with Crippen LogP contribution in [0.25, 0.3) is 16.2 Å². The van der Waals surface area contributed by atoms with Crippen molar-refractivity contribution in [3.05, 3.63) is 106 Å². The maximum absolute atomic E-state index is 13.2. The van der Waals surface area contributed by atoms with Gasteiger partial charge in [0, 0.05) is 26.7 Å². The Kier molecular flexibility index (Phi) is 4.68. The van der Waals surface area contributed by atoms with Gasteiger partial charge in [0.1, 0.15) is 0 Å². The average molecular weight is 425 g/mol. The van der Waals surface area contributed by atoms with Gasteiger partial charge >= 0.3 is 0 Å². The molecule has 2 N–H and O–H groups in total. The number of fused-ring (bicyclic) bond motifs is 2. The molecule has 0 bridgehead atoms. The lowest BCUT2D eigenvalue weighted by Crippen LogP contribution is -2.21. The molecule has 5 heteroatoms. The maximum Gasteiger partial charge on any atom is 0.257 e. The second kappa shape index (κ2) is 7.52. The van der Waals surface area contributed by atoms with Gasteiger partial charge in [0.15, 0.2) is 0 Å². The first-order chi connectivity index (χ1) is 15.1. The highest BCUT2D eigenvalue weighted by Gasteiger charge is 2.35. The number of nitrogens with one attached hydrogen (secondary N) is 2. The zero-order chi connectivity index (χ0) is 21.5. The van der Waals surface area contributed by atoms with Crippen LogP contribution in [0.15, 0.2) is 72.6 Å². The summed E-state index contributed by atoms with van der Waals surface area (Å²) in [6.45, 7) is 5.88. The molecule has 4 aromatic rings. The topological polar surface area (TPSA) is 58.2 Å². The third-order valence-electron chi connectivity index (χ3n) is 5.76. The molecule has 152 valence electrons. The molecule has 5 rings (SSSR count). The minimum atomic E-state index is -0.335. The Bertz CT molecular complexity index is 1370. The van der Waals surface area contributed by atoms with Crippen molar-refractivity contribution in [2.45, 2.75) is 13.0 Å². The Morgan fingerprint density at radius 1 is 1.10 bits per heavy atom. The van der Waals surface area contributed by atoms with Crippen LogP contribution in [-0.4, -0.2) is 11.8 Å². The van der Waals surface area contributed by atoms with E-state index in [1.165, 1.54) is 0 Å². The molecular formula is C26H20N2O2S. The number of thiophene rings is 1. The van der Waals surface area contributed by atoms with E-state index in [1.807, 2.05) is 73.0 Å². The third-order valence-corrected chi connectivity index (χ3v) is 6.73. The van der Waals surface area contributed by atoms with Crippen molar-refractivity contribution >= 4 is 45.0 Å². The van der Waals surface area contributed by atoms with Gasteiger partial charge in [0.2, 0.25) is 0 Å². The number of carbonyl (C=O) groups excluding carboxylic acids is 2. The second-order valence-corrected chi connectivity index (χ2v) is 8.47. The molecule has 2 heterocycles. The first kappa shape index (κ1) is 19.3. The summed E-state index contributed by atoms with van der Waals surface area (Å²) in [7, 11) is 0. The van der Waals surface area contributed by atoms with Gasteiger partial charge in [-0.25, -0.2) is 0 Å². The van der Waals surface area contributed by atoms with E-state index in [0.29, 0.717) is 16.8 Å². The van der Waals surface area contributed by atoms with E-state index in [9.17, 15) is 9.59 Å². The zero-order valence-corrected chi connectivity index (χ0v) is 17.8. The van der Waals surface area contributed by atoms with Gasteiger partial charge in [0.05, 0.1) is 17.2 Å². The molecule has 0 saturated heterocycles. The molecule has 0 fully saturated rings. The van der Waals surface area contributed by atoms with Crippen molar-refractivity contribution in [3.8, 4) is 0 Å². The van der Waals surface area contributed by atoms with Crippen LogP contribution in [-0.2, 0) is 0 Å². The number of anilines is 1. The van der Waals surface area contributed by atoms with Gasteiger partial charge in [-0.2, -0.15) is 0 Å². The SMILES string of the molecule is C=Cc1ccc(NC(=O)c2csc3ccccc23)c2c1C(=O)NC2c1ccccc1C. The number of aryl methyl sites for hydroxylation is 1. The van der Waals surface area contributed by atoms with Crippen LogP contribution in [0.4, 0.5) is 5.69 Å². The molecule has 2 amide bonds. The molecule has 0 radical (unpaired) electrons. The second-order valence-electron chi connectivity index (χ2n) is 7.56. The van der Waals surface area contributed by atoms with Gasteiger partial charge < -0.3 is 10.6 Å². The maximum atomic E-state index is 13.2. The number of hydrogen-bond acceptors (Lipinski definition) is 3. The summed E-state index contributed by atoms with van der Waals surface area (Å²) in [5, 5.41) is 8.96. The minimum Gasteiger partial charge on any atom is -0.341 e.